The number of nitrogens with one attached hydrogen (secondary N) is 1. The molecule has 1 N–H and O–H groups in total. The maximum Gasteiger partial charge on any atom is 0.245 e. The summed E-state index contributed by atoms with van der Waals surface area (Å²) in [5, 5.41) is 11.3. The van der Waals surface area contributed by atoms with Crippen molar-refractivity contribution in [2.45, 2.75) is 38.7 Å². The van der Waals surface area contributed by atoms with Gasteiger partial charge in [-0.1, -0.05) is 6.92 Å². The van der Waals surface area contributed by atoms with Crippen molar-refractivity contribution < 1.29 is 9.15 Å². The molecular formula is C11H19N3O2. The van der Waals surface area contributed by atoms with Crippen LogP contribution in [0.3, 0.4) is 0 Å². The van der Waals surface area contributed by atoms with E-state index >= 15 is 0 Å². The molecule has 1 unspecified atom stereocenters. The average Bonchev–Trinajstić information content (AvgIpc) is 2.79. The Morgan fingerprint density at radius 3 is 3.06 bits per heavy atom. The van der Waals surface area contributed by atoms with E-state index < -0.39 is 0 Å². The minimum atomic E-state index is 0.0223. The Bertz CT molecular complexity index is 308. The summed E-state index contributed by atoms with van der Waals surface area (Å²) in [6.07, 6.45) is 4.12. The van der Waals surface area contributed by atoms with Crippen LogP contribution in [0.4, 0.5) is 0 Å². The molecule has 16 heavy (non-hydrogen) atoms. The van der Waals surface area contributed by atoms with Crippen LogP contribution in [0.5, 0.6) is 0 Å². The molecule has 0 aromatic carbocycles. The highest BCUT2D eigenvalue weighted by Gasteiger charge is 2.21. The van der Waals surface area contributed by atoms with Crippen molar-refractivity contribution in [1.82, 2.24) is 15.5 Å². The Morgan fingerprint density at radius 1 is 1.38 bits per heavy atom. The van der Waals surface area contributed by atoms with Crippen LogP contribution >= 0.6 is 0 Å². The molecule has 1 aliphatic heterocycles. The third kappa shape index (κ3) is 3.02. The van der Waals surface area contributed by atoms with Crippen LogP contribution in [-0.2, 0) is 11.2 Å². The normalized spacial score (nSPS) is 21.2. The lowest BCUT2D eigenvalue weighted by atomic mass is 10.1. The Kier molecular flexibility index (Phi) is 4.30. The van der Waals surface area contributed by atoms with E-state index in [9.17, 15) is 0 Å². The second-order valence-corrected chi connectivity index (χ2v) is 3.99. The van der Waals surface area contributed by atoms with Gasteiger partial charge in [0.15, 0.2) is 0 Å². The van der Waals surface area contributed by atoms with Crippen LogP contribution < -0.4 is 5.32 Å². The van der Waals surface area contributed by atoms with Gasteiger partial charge < -0.3 is 14.5 Å². The first-order chi connectivity index (χ1) is 7.90. The maximum absolute atomic E-state index is 5.59. The molecule has 1 aliphatic rings. The Balaban J connectivity index is 1.85. The number of likely N-dealkylation sites (N-methyl/N-ethyl adjacent to an activating group) is 1. The maximum atomic E-state index is 5.59. The van der Waals surface area contributed by atoms with Gasteiger partial charge in [0.25, 0.3) is 0 Å². The monoisotopic (exact) mass is 225 g/mol. The molecule has 1 saturated heterocycles. The molecule has 2 rings (SSSR count). The van der Waals surface area contributed by atoms with Gasteiger partial charge in [0.2, 0.25) is 11.8 Å². The van der Waals surface area contributed by atoms with E-state index in [2.05, 4.69) is 22.4 Å². The molecule has 5 heteroatoms. The molecule has 1 aromatic heterocycles. The Labute approximate surface area is 95.6 Å². The van der Waals surface area contributed by atoms with Crippen LogP contribution in [-0.4, -0.2) is 29.9 Å². The Hall–Kier alpha value is -0.940. The lowest BCUT2D eigenvalue weighted by Crippen LogP contribution is -2.16. The first-order valence-electron chi connectivity index (χ1n) is 6.04. The van der Waals surface area contributed by atoms with Crippen molar-refractivity contribution in [2.75, 3.05) is 19.7 Å². The number of nitrogens with zero attached hydrogens (tertiary/aromatic N) is 2. The fourth-order valence-electron chi connectivity index (χ4n) is 1.81. The number of ether oxygens (including phenoxy) is 1. The summed E-state index contributed by atoms with van der Waals surface area (Å²) in [7, 11) is 0. The fraction of sp³-hybridized carbons (Fsp3) is 0.818. The summed E-state index contributed by atoms with van der Waals surface area (Å²) in [5.74, 6) is 1.34. The third-order valence-corrected chi connectivity index (χ3v) is 2.70. The van der Waals surface area contributed by atoms with Gasteiger partial charge in [0.05, 0.1) is 0 Å². The number of aromatic nitrogens is 2. The van der Waals surface area contributed by atoms with E-state index in [0.717, 1.165) is 39.0 Å². The predicted molar refractivity (Wildman–Crippen MR) is 59.1 cm³/mol. The van der Waals surface area contributed by atoms with Gasteiger partial charge in [-0.25, -0.2) is 0 Å². The fourth-order valence-corrected chi connectivity index (χ4v) is 1.81. The summed E-state index contributed by atoms with van der Waals surface area (Å²) < 4.78 is 11.2. The standard InChI is InChI=1S/C11H19N3O2/c1-2-12-7-6-10-13-14-11(16-10)9-5-3-4-8-15-9/h9,12H,2-8H2,1H3. The van der Waals surface area contributed by atoms with Crippen LogP contribution in [0, 0.1) is 0 Å². The van der Waals surface area contributed by atoms with Gasteiger partial charge in [-0.05, 0) is 25.8 Å². The molecule has 5 nitrogen and oxygen atoms in total. The molecule has 2 heterocycles. The summed E-state index contributed by atoms with van der Waals surface area (Å²) in [4.78, 5) is 0. The second-order valence-electron chi connectivity index (χ2n) is 3.99. The lowest BCUT2D eigenvalue weighted by Gasteiger charge is -2.18. The molecule has 1 fully saturated rings. The predicted octanol–water partition coefficient (Wildman–Crippen LogP) is 1.46. The van der Waals surface area contributed by atoms with Gasteiger partial charge in [0, 0.05) is 19.6 Å². The minimum Gasteiger partial charge on any atom is -0.422 e. The zero-order valence-electron chi connectivity index (χ0n) is 9.74. The van der Waals surface area contributed by atoms with Crippen molar-refractivity contribution in [3.8, 4) is 0 Å². The summed E-state index contributed by atoms with van der Waals surface area (Å²) >= 11 is 0. The first kappa shape index (κ1) is 11.5. The van der Waals surface area contributed by atoms with Gasteiger partial charge in [-0.2, -0.15) is 0 Å². The first-order valence-corrected chi connectivity index (χ1v) is 6.04. The van der Waals surface area contributed by atoms with Gasteiger partial charge in [-0.3, -0.25) is 0 Å². The van der Waals surface area contributed by atoms with E-state index in [1.165, 1.54) is 6.42 Å². The molecule has 0 spiro atoms. The summed E-state index contributed by atoms with van der Waals surface area (Å²) in [6.45, 7) is 4.73. The smallest absolute Gasteiger partial charge is 0.245 e. The van der Waals surface area contributed by atoms with Crippen LogP contribution in [0.1, 0.15) is 44.1 Å². The van der Waals surface area contributed by atoms with Gasteiger partial charge in [0.1, 0.15) is 6.10 Å². The zero-order valence-corrected chi connectivity index (χ0v) is 9.74. The number of hydrogen-bond donors (Lipinski definition) is 1. The Morgan fingerprint density at radius 2 is 2.31 bits per heavy atom. The van der Waals surface area contributed by atoms with Crippen molar-refractivity contribution in [3.05, 3.63) is 11.8 Å². The van der Waals surface area contributed by atoms with Crippen molar-refractivity contribution in [1.29, 1.82) is 0 Å². The molecular weight excluding hydrogens is 206 g/mol. The van der Waals surface area contributed by atoms with Crippen LogP contribution in [0.2, 0.25) is 0 Å². The lowest BCUT2D eigenvalue weighted by molar-refractivity contribution is -0.00210. The highest BCUT2D eigenvalue weighted by molar-refractivity contribution is 4.88. The zero-order chi connectivity index (χ0) is 11.2. The second kappa shape index (κ2) is 5.96. The largest absolute Gasteiger partial charge is 0.422 e. The molecule has 0 radical (unpaired) electrons. The van der Waals surface area contributed by atoms with Crippen LogP contribution in [0.25, 0.3) is 0 Å². The topological polar surface area (TPSA) is 60.2 Å². The average molecular weight is 225 g/mol. The van der Waals surface area contributed by atoms with E-state index in [4.69, 9.17) is 9.15 Å². The summed E-state index contributed by atoms with van der Waals surface area (Å²) in [6, 6.07) is 0. The molecule has 0 bridgehead atoms. The van der Waals surface area contributed by atoms with Crippen molar-refractivity contribution >= 4 is 0 Å². The van der Waals surface area contributed by atoms with Gasteiger partial charge >= 0.3 is 0 Å². The molecule has 0 saturated carbocycles. The quantitative estimate of drug-likeness (QED) is 0.769. The van der Waals surface area contributed by atoms with Crippen molar-refractivity contribution in [2.24, 2.45) is 0 Å². The molecule has 0 aliphatic carbocycles. The van der Waals surface area contributed by atoms with E-state index in [1.54, 1.807) is 0 Å². The summed E-state index contributed by atoms with van der Waals surface area (Å²) in [5.41, 5.74) is 0. The van der Waals surface area contributed by atoms with Crippen molar-refractivity contribution in [3.63, 3.8) is 0 Å². The highest BCUT2D eigenvalue weighted by Crippen LogP contribution is 2.26. The van der Waals surface area contributed by atoms with E-state index in [-0.39, 0.29) is 6.10 Å². The molecule has 1 atom stereocenters. The molecule has 0 amide bonds. The number of rotatable bonds is 5. The number of hydrogen-bond acceptors (Lipinski definition) is 5. The highest BCUT2D eigenvalue weighted by atomic mass is 16.5. The van der Waals surface area contributed by atoms with Gasteiger partial charge in [-0.15, -0.1) is 10.2 Å². The minimum absolute atomic E-state index is 0.0223. The molecule has 1 aromatic rings. The van der Waals surface area contributed by atoms with Crippen LogP contribution in [0.15, 0.2) is 4.42 Å². The third-order valence-electron chi connectivity index (χ3n) is 2.70. The SMILES string of the molecule is CCNCCc1nnc(C2CCCCO2)o1. The van der Waals surface area contributed by atoms with E-state index in [0.29, 0.717) is 11.8 Å². The van der Waals surface area contributed by atoms with E-state index in [1.807, 2.05) is 0 Å². The molecule has 90 valence electrons.